The molecule has 2 atom stereocenters. The van der Waals surface area contributed by atoms with Crippen LogP contribution >= 0.6 is 0 Å². The van der Waals surface area contributed by atoms with E-state index in [1.165, 1.54) is 0 Å². The molecule has 0 bridgehead atoms. The predicted octanol–water partition coefficient (Wildman–Crippen LogP) is 1.83. The zero-order valence-electron chi connectivity index (χ0n) is 12.6. The maximum Gasteiger partial charge on any atom is 0.306 e. The molecule has 1 aliphatic rings. The first kappa shape index (κ1) is 16.1. The molecule has 1 saturated carbocycles. The van der Waals surface area contributed by atoms with Crippen molar-refractivity contribution in [1.29, 1.82) is 0 Å². The lowest BCUT2D eigenvalue weighted by molar-refractivity contribution is -0.141. The number of hydrogen-bond donors (Lipinski definition) is 2. The molecule has 0 aromatic heterocycles. The molecule has 1 fully saturated rings. The van der Waals surface area contributed by atoms with Crippen LogP contribution in [-0.4, -0.2) is 36.2 Å². The van der Waals surface area contributed by atoms with Crippen LogP contribution in [0.15, 0.2) is 24.3 Å². The Labute approximate surface area is 129 Å². The molecule has 0 heterocycles. The molecule has 2 N–H and O–H groups in total. The topological polar surface area (TPSA) is 84.9 Å². The number of carboxylic acid groups (broad SMARTS) is 1. The Kier molecular flexibility index (Phi) is 5.63. The molecule has 1 amide bonds. The average molecular weight is 307 g/mol. The summed E-state index contributed by atoms with van der Waals surface area (Å²) in [6, 6.07) is 6.98. The number of amides is 1. The Balaban J connectivity index is 1.72. The van der Waals surface area contributed by atoms with E-state index in [9.17, 15) is 9.59 Å². The van der Waals surface area contributed by atoms with Crippen molar-refractivity contribution in [3.05, 3.63) is 24.3 Å². The molecular weight excluding hydrogens is 286 g/mol. The molecule has 0 unspecified atom stereocenters. The quantitative estimate of drug-likeness (QED) is 0.803. The summed E-state index contributed by atoms with van der Waals surface area (Å²) in [5.41, 5.74) is 0. The van der Waals surface area contributed by atoms with Crippen molar-refractivity contribution >= 4 is 11.9 Å². The van der Waals surface area contributed by atoms with Crippen LogP contribution in [0.5, 0.6) is 11.5 Å². The smallest absolute Gasteiger partial charge is 0.306 e. The van der Waals surface area contributed by atoms with Gasteiger partial charge in [-0.2, -0.15) is 0 Å². The summed E-state index contributed by atoms with van der Waals surface area (Å²) in [7, 11) is 0. The lowest BCUT2D eigenvalue weighted by atomic mass is 10.1. The first-order valence-electron chi connectivity index (χ1n) is 7.46. The monoisotopic (exact) mass is 307 g/mol. The average Bonchev–Trinajstić information content (AvgIpc) is 2.95. The van der Waals surface area contributed by atoms with Gasteiger partial charge < -0.3 is 19.9 Å². The van der Waals surface area contributed by atoms with E-state index in [0.29, 0.717) is 31.6 Å². The number of aliphatic carboxylic acids is 1. The third kappa shape index (κ3) is 4.65. The van der Waals surface area contributed by atoms with Crippen LogP contribution in [-0.2, 0) is 9.59 Å². The van der Waals surface area contributed by atoms with Gasteiger partial charge in [0.15, 0.2) is 6.61 Å². The summed E-state index contributed by atoms with van der Waals surface area (Å²) < 4.78 is 10.7. The molecule has 120 valence electrons. The first-order valence-corrected chi connectivity index (χ1v) is 7.46. The van der Waals surface area contributed by atoms with Gasteiger partial charge in [0, 0.05) is 6.04 Å². The molecule has 2 rings (SSSR count). The Bertz CT molecular complexity index is 514. The van der Waals surface area contributed by atoms with Gasteiger partial charge in [-0.25, -0.2) is 0 Å². The summed E-state index contributed by atoms with van der Waals surface area (Å²) in [4.78, 5) is 22.7. The largest absolute Gasteiger partial charge is 0.494 e. The van der Waals surface area contributed by atoms with Crippen molar-refractivity contribution in [1.82, 2.24) is 5.32 Å². The third-order valence-electron chi connectivity index (χ3n) is 3.65. The molecule has 1 aromatic rings. The molecule has 1 aliphatic carbocycles. The van der Waals surface area contributed by atoms with Gasteiger partial charge in [-0.3, -0.25) is 9.59 Å². The van der Waals surface area contributed by atoms with Crippen LogP contribution in [0, 0.1) is 5.92 Å². The van der Waals surface area contributed by atoms with Crippen molar-refractivity contribution < 1.29 is 24.2 Å². The van der Waals surface area contributed by atoms with Gasteiger partial charge in [-0.15, -0.1) is 0 Å². The zero-order valence-corrected chi connectivity index (χ0v) is 12.6. The molecule has 6 nitrogen and oxygen atoms in total. The second-order valence-corrected chi connectivity index (χ2v) is 5.31. The Morgan fingerprint density at radius 3 is 2.36 bits per heavy atom. The highest BCUT2D eigenvalue weighted by molar-refractivity contribution is 5.78. The van der Waals surface area contributed by atoms with Crippen molar-refractivity contribution in [3.63, 3.8) is 0 Å². The predicted molar refractivity (Wildman–Crippen MR) is 80.0 cm³/mol. The van der Waals surface area contributed by atoms with E-state index >= 15 is 0 Å². The number of rotatable bonds is 7. The van der Waals surface area contributed by atoms with E-state index < -0.39 is 5.97 Å². The van der Waals surface area contributed by atoms with E-state index in [2.05, 4.69) is 5.32 Å². The van der Waals surface area contributed by atoms with Crippen LogP contribution in [0.1, 0.15) is 26.2 Å². The van der Waals surface area contributed by atoms with Gasteiger partial charge in [0.25, 0.3) is 5.91 Å². The van der Waals surface area contributed by atoms with E-state index in [4.69, 9.17) is 14.6 Å². The normalized spacial score (nSPS) is 20.4. The molecule has 0 aliphatic heterocycles. The number of nitrogens with one attached hydrogen (secondary N) is 1. The summed E-state index contributed by atoms with van der Waals surface area (Å²) >= 11 is 0. The van der Waals surface area contributed by atoms with Crippen LogP contribution in [0.2, 0.25) is 0 Å². The van der Waals surface area contributed by atoms with Crippen LogP contribution < -0.4 is 14.8 Å². The van der Waals surface area contributed by atoms with E-state index in [-0.39, 0.29) is 24.5 Å². The second kappa shape index (κ2) is 7.68. The first-order chi connectivity index (χ1) is 10.6. The number of carboxylic acids is 1. The lowest BCUT2D eigenvalue weighted by Gasteiger charge is -2.13. The number of ether oxygens (including phenoxy) is 2. The molecule has 22 heavy (non-hydrogen) atoms. The minimum Gasteiger partial charge on any atom is -0.494 e. The Morgan fingerprint density at radius 1 is 1.18 bits per heavy atom. The summed E-state index contributed by atoms with van der Waals surface area (Å²) in [6.45, 7) is 2.43. The van der Waals surface area contributed by atoms with Crippen molar-refractivity contribution in [2.24, 2.45) is 5.92 Å². The maximum absolute atomic E-state index is 11.8. The standard InChI is InChI=1S/C16H21NO5/c1-2-21-13-5-7-14(8-6-13)22-10-15(18)17-12-4-3-11(9-12)16(19)20/h5-8,11-12H,2-4,9-10H2,1H3,(H,17,18)(H,19,20)/t11-,12+/m1/s1. The SMILES string of the molecule is CCOc1ccc(OCC(=O)N[C@H]2CC[C@@H](C(=O)O)C2)cc1. The van der Waals surface area contributed by atoms with Crippen LogP contribution in [0.4, 0.5) is 0 Å². The van der Waals surface area contributed by atoms with Gasteiger partial charge in [0.2, 0.25) is 0 Å². The fraction of sp³-hybridized carbons (Fsp3) is 0.500. The highest BCUT2D eigenvalue weighted by atomic mass is 16.5. The van der Waals surface area contributed by atoms with Gasteiger partial charge in [-0.05, 0) is 50.5 Å². The van der Waals surface area contributed by atoms with Gasteiger partial charge >= 0.3 is 5.97 Å². The fourth-order valence-electron chi connectivity index (χ4n) is 2.55. The highest BCUT2D eigenvalue weighted by Gasteiger charge is 2.30. The number of carbonyl (C=O) groups is 2. The van der Waals surface area contributed by atoms with E-state index in [0.717, 1.165) is 5.75 Å². The Hall–Kier alpha value is -2.24. The lowest BCUT2D eigenvalue weighted by Crippen LogP contribution is -2.36. The summed E-state index contributed by atoms with van der Waals surface area (Å²) in [5.74, 6) is -0.0250. The van der Waals surface area contributed by atoms with Crippen molar-refractivity contribution in [2.45, 2.75) is 32.2 Å². The molecule has 1 aromatic carbocycles. The molecule has 6 heteroatoms. The third-order valence-corrected chi connectivity index (χ3v) is 3.65. The number of hydrogen-bond acceptors (Lipinski definition) is 4. The highest BCUT2D eigenvalue weighted by Crippen LogP contribution is 2.25. The zero-order chi connectivity index (χ0) is 15.9. The number of carbonyl (C=O) groups excluding carboxylic acids is 1. The summed E-state index contributed by atoms with van der Waals surface area (Å²) in [5, 5.41) is 11.7. The van der Waals surface area contributed by atoms with Gasteiger partial charge in [0.1, 0.15) is 11.5 Å². The minimum absolute atomic E-state index is 0.0717. The fourth-order valence-corrected chi connectivity index (χ4v) is 2.55. The maximum atomic E-state index is 11.8. The van der Waals surface area contributed by atoms with E-state index in [1.807, 2.05) is 6.92 Å². The molecule has 0 spiro atoms. The van der Waals surface area contributed by atoms with Crippen molar-refractivity contribution in [2.75, 3.05) is 13.2 Å². The van der Waals surface area contributed by atoms with Crippen LogP contribution in [0.25, 0.3) is 0 Å². The Morgan fingerprint density at radius 2 is 1.82 bits per heavy atom. The van der Waals surface area contributed by atoms with E-state index in [1.54, 1.807) is 24.3 Å². The second-order valence-electron chi connectivity index (χ2n) is 5.31. The number of benzene rings is 1. The van der Waals surface area contributed by atoms with Gasteiger partial charge in [-0.1, -0.05) is 0 Å². The van der Waals surface area contributed by atoms with Crippen LogP contribution in [0.3, 0.4) is 0 Å². The summed E-state index contributed by atoms with van der Waals surface area (Å²) in [6.07, 6.45) is 1.80. The molecular formula is C16H21NO5. The minimum atomic E-state index is -0.789. The van der Waals surface area contributed by atoms with Crippen molar-refractivity contribution in [3.8, 4) is 11.5 Å². The molecule has 0 radical (unpaired) electrons. The van der Waals surface area contributed by atoms with Gasteiger partial charge in [0.05, 0.1) is 12.5 Å². The molecule has 0 saturated heterocycles.